The topological polar surface area (TPSA) is 85.4 Å². The fourth-order valence-electron chi connectivity index (χ4n) is 2.25. The van der Waals surface area contributed by atoms with Crippen molar-refractivity contribution in [1.82, 2.24) is 4.98 Å². The fourth-order valence-corrected chi connectivity index (χ4v) is 2.57. The number of halogens is 2. The van der Waals surface area contributed by atoms with E-state index in [1.165, 1.54) is 12.3 Å². The van der Waals surface area contributed by atoms with Gasteiger partial charge in [-0.3, -0.25) is 9.78 Å². The highest BCUT2D eigenvalue weighted by Crippen LogP contribution is 2.40. The molecule has 0 saturated heterocycles. The summed E-state index contributed by atoms with van der Waals surface area (Å²) in [6.45, 7) is 0. The maximum Gasteiger partial charge on any atom is 0.488 e. The third-order valence-electron chi connectivity index (χ3n) is 3.40. The van der Waals surface area contributed by atoms with Gasteiger partial charge in [-0.15, -0.1) is 0 Å². The Morgan fingerprint density at radius 1 is 1.21 bits per heavy atom. The second-order valence-electron chi connectivity index (χ2n) is 5.39. The SMILES string of the molecule is O=C(Nc1cncc(OS(=O)(=O)F)c1)c1cc(F)cc(C2CC2)c1. The summed E-state index contributed by atoms with van der Waals surface area (Å²) in [4.78, 5) is 15.9. The highest BCUT2D eigenvalue weighted by molar-refractivity contribution is 7.81. The predicted molar refractivity (Wildman–Crippen MR) is 81.2 cm³/mol. The first-order valence-corrected chi connectivity index (χ1v) is 8.32. The lowest BCUT2D eigenvalue weighted by atomic mass is 10.1. The van der Waals surface area contributed by atoms with E-state index in [0.29, 0.717) is 0 Å². The molecule has 6 nitrogen and oxygen atoms in total. The maximum absolute atomic E-state index is 13.6. The van der Waals surface area contributed by atoms with Crippen LogP contribution in [0.1, 0.15) is 34.7 Å². The molecule has 1 amide bonds. The monoisotopic (exact) mass is 354 g/mol. The number of carbonyl (C=O) groups is 1. The summed E-state index contributed by atoms with van der Waals surface area (Å²) in [5, 5.41) is 2.43. The third kappa shape index (κ3) is 4.25. The largest absolute Gasteiger partial charge is 0.488 e. The number of aromatic nitrogens is 1. The number of hydrogen-bond acceptors (Lipinski definition) is 5. The highest BCUT2D eigenvalue weighted by atomic mass is 32.3. The Hall–Kier alpha value is -2.55. The maximum atomic E-state index is 13.6. The molecule has 3 rings (SSSR count). The fraction of sp³-hybridized carbons (Fsp3) is 0.200. The van der Waals surface area contributed by atoms with Crippen molar-refractivity contribution < 1.29 is 25.7 Å². The van der Waals surface area contributed by atoms with E-state index in [-0.39, 0.29) is 17.2 Å². The molecule has 1 aromatic heterocycles. The van der Waals surface area contributed by atoms with Gasteiger partial charge >= 0.3 is 10.5 Å². The van der Waals surface area contributed by atoms with Crippen molar-refractivity contribution in [3.63, 3.8) is 0 Å². The molecule has 1 N–H and O–H groups in total. The summed E-state index contributed by atoms with van der Waals surface area (Å²) in [6, 6.07) is 5.19. The Morgan fingerprint density at radius 2 is 1.96 bits per heavy atom. The van der Waals surface area contributed by atoms with Crippen LogP contribution in [-0.2, 0) is 10.5 Å². The summed E-state index contributed by atoms with van der Waals surface area (Å²) < 4.78 is 51.1. The summed E-state index contributed by atoms with van der Waals surface area (Å²) in [5.74, 6) is -1.23. The van der Waals surface area contributed by atoms with Crippen molar-refractivity contribution in [2.45, 2.75) is 18.8 Å². The standard InChI is InChI=1S/C15H12F2N2O4S/c16-12-4-10(9-1-2-9)3-11(5-12)15(20)19-13-6-14(8-18-7-13)23-24(17,21)22/h3-9H,1-2H2,(H,19,20). The summed E-state index contributed by atoms with van der Waals surface area (Å²) >= 11 is 0. The number of rotatable bonds is 5. The smallest absolute Gasteiger partial charge is 0.357 e. The molecule has 1 fully saturated rings. The van der Waals surface area contributed by atoms with Crippen molar-refractivity contribution >= 4 is 22.1 Å². The van der Waals surface area contributed by atoms with Crippen molar-refractivity contribution in [3.05, 3.63) is 53.6 Å². The van der Waals surface area contributed by atoms with Gasteiger partial charge in [0.15, 0.2) is 5.75 Å². The highest BCUT2D eigenvalue weighted by Gasteiger charge is 2.25. The van der Waals surface area contributed by atoms with E-state index < -0.39 is 28.0 Å². The minimum Gasteiger partial charge on any atom is -0.357 e. The van der Waals surface area contributed by atoms with Crippen LogP contribution in [0.15, 0.2) is 36.7 Å². The van der Waals surface area contributed by atoms with E-state index in [1.54, 1.807) is 6.07 Å². The molecule has 9 heteroatoms. The minimum absolute atomic E-state index is 0.0818. The van der Waals surface area contributed by atoms with Crippen LogP contribution in [0.5, 0.6) is 5.75 Å². The quantitative estimate of drug-likeness (QED) is 0.835. The van der Waals surface area contributed by atoms with Crippen LogP contribution in [0.2, 0.25) is 0 Å². The first-order chi connectivity index (χ1) is 11.3. The molecule has 24 heavy (non-hydrogen) atoms. The molecule has 1 heterocycles. The van der Waals surface area contributed by atoms with E-state index in [4.69, 9.17) is 0 Å². The number of pyridine rings is 1. The molecule has 1 aliphatic rings. The second-order valence-corrected chi connectivity index (χ2v) is 6.34. The first-order valence-electron chi connectivity index (χ1n) is 7.01. The van der Waals surface area contributed by atoms with Gasteiger partial charge in [-0.05, 0) is 42.5 Å². The number of hydrogen-bond donors (Lipinski definition) is 1. The van der Waals surface area contributed by atoms with Gasteiger partial charge in [-0.2, -0.15) is 8.42 Å². The Morgan fingerprint density at radius 3 is 2.62 bits per heavy atom. The van der Waals surface area contributed by atoms with Gasteiger partial charge in [-0.1, -0.05) is 3.89 Å². The van der Waals surface area contributed by atoms with Gasteiger partial charge in [0.05, 0.1) is 18.1 Å². The van der Waals surface area contributed by atoms with Gasteiger partial charge in [0, 0.05) is 11.6 Å². The third-order valence-corrected chi connectivity index (χ3v) is 3.79. The molecule has 1 aromatic carbocycles. The van der Waals surface area contributed by atoms with Crippen LogP contribution in [0.4, 0.5) is 14.0 Å². The number of anilines is 1. The Labute approximate surface area is 136 Å². The van der Waals surface area contributed by atoms with Crippen LogP contribution < -0.4 is 9.50 Å². The molecular formula is C15H12F2N2O4S. The molecule has 0 bridgehead atoms. The molecule has 2 aromatic rings. The van der Waals surface area contributed by atoms with Crippen molar-refractivity contribution in [2.75, 3.05) is 5.32 Å². The number of nitrogens with zero attached hydrogens (tertiary/aromatic N) is 1. The number of nitrogens with one attached hydrogen (secondary N) is 1. The van der Waals surface area contributed by atoms with Crippen LogP contribution in [0.3, 0.4) is 0 Å². The van der Waals surface area contributed by atoms with Gasteiger partial charge < -0.3 is 9.50 Å². The van der Waals surface area contributed by atoms with Gasteiger partial charge in [0.25, 0.3) is 5.91 Å². The molecule has 0 spiro atoms. The van der Waals surface area contributed by atoms with Gasteiger partial charge in [0.1, 0.15) is 5.82 Å². The zero-order valence-corrected chi connectivity index (χ0v) is 13.0. The molecule has 0 aliphatic heterocycles. The number of benzene rings is 1. The van der Waals surface area contributed by atoms with Crippen molar-refractivity contribution in [1.29, 1.82) is 0 Å². The molecule has 126 valence electrons. The lowest BCUT2D eigenvalue weighted by Crippen LogP contribution is -2.13. The van der Waals surface area contributed by atoms with Crippen LogP contribution in [-0.4, -0.2) is 19.3 Å². The first kappa shape index (κ1) is 16.3. The second kappa shape index (κ2) is 6.16. The average Bonchev–Trinajstić information content (AvgIpc) is 3.29. The van der Waals surface area contributed by atoms with Crippen molar-refractivity contribution in [3.8, 4) is 5.75 Å². The Balaban J connectivity index is 1.78. The van der Waals surface area contributed by atoms with E-state index >= 15 is 0 Å². The van der Waals surface area contributed by atoms with E-state index in [0.717, 1.165) is 36.7 Å². The predicted octanol–water partition coefficient (Wildman–Crippen LogP) is 2.94. The Bertz CT molecular complexity index is 898. The van der Waals surface area contributed by atoms with Crippen LogP contribution >= 0.6 is 0 Å². The molecule has 1 aliphatic carbocycles. The lowest BCUT2D eigenvalue weighted by molar-refractivity contribution is 0.102. The molecule has 1 saturated carbocycles. The zero-order valence-electron chi connectivity index (χ0n) is 12.2. The van der Waals surface area contributed by atoms with Gasteiger partial charge in [0.2, 0.25) is 0 Å². The molecular weight excluding hydrogens is 342 g/mol. The molecule has 0 unspecified atom stereocenters. The van der Waals surface area contributed by atoms with E-state index in [1.807, 2.05) is 0 Å². The van der Waals surface area contributed by atoms with E-state index in [9.17, 15) is 21.5 Å². The minimum atomic E-state index is -5.19. The summed E-state index contributed by atoms with van der Waals surface area (Å²) in [7, 11) is -5.19. The molecule has 0 radical (unpaired) electrons. The number of carbonyl (C=O) groups excluding carboxylic acids is 1. The van der Waals surface area contributed by atoms with Crippen LogP contribution in [0, 0.1) is 5.82 Å². The van der Waals surface area contributed by atoms with E-state index in [2.05, 4.69) is 14.5 Å². The summed E-state index contributed by atoms with van der Waals surface area (Å²) in [6.07, 6.45) is 4.12. The van der Waals surface area contributed by atoms with Crippen molar-refractivity contribution in [2.24, 2.45) is 0 Å². The normalized spacial score (nSPS) is 14.2. The zero-order chi connectivity index (χ0) is 17.3. The average molecular weight is 354 g/mol. The Kier molecular flexibility index (Phi) is 4.18. The number of amides is 1. The lowest BCUT2D eigenvalue weighted by Gasteiger charge is -2.08. The van der Waals surface area contributed by atoms with Gasteiger partial charge in [-0.25, -0.2) is 4.39 Å². The summed E-state index contributed by atoms with van der Waals surface area (Å²) in [5.41, 5.74) is 0.971. The molecule has 0 atom stereocenters. The van der Waals surface area contributed by atoms with Crippen LogP contribution in [0.25, 0.3) is 0 Å².